The van der Waals surface area contributed by atoms with Gasteiger partial charge in [0.05, 0.1) is 6.54 Å². The van der Waals surface area contributed by atoms with Gasteiger partial charge < -0.3 is 5.73 Å². The van der Waals surface area contributed by atoms with Crippen LogP contribution < -0.4 is 5.73 Å². The number of aromatic nitrogens is 7. The first kappa shape index (κ1) is 24.3. The molecule has 1 fully saturated rings. The maximum Gasteiger partial charge on any atom is 0.205 e. The summed E-state index contributed by atoms with van der Waals surface area (Å²) >= 11 is 0. The Labute approximate surface area is 212 Å². The van der Waals surface area contributed by atoms with E-state index in [1.165, 1.54) is 18.4 Å². The summed E-state index contributed by atoms with van der Waals surface area (Å²) in [6, 6.07) is 17.2. The van der Waals surface area contributed by atoms with Gasteiger partial charge in [0.2, 0.25) is 5.82 Å². The zero-order valence-corrected chi connectivity index (χ0v) is 21.3. The Bertz CT molecular complexity index is 1240. The van der Waals surface area contributed by atoms with Gasteiger partial charge in [0.1, 0.15) is 5.82 Å². The molecule has 0 aliphatic heterocycles. The van der Waals surface area contributed by atoms with E-state index in [-0.39, 0.29) is 0 Å². The van der Waals surface area contributed by atoms with Crippen LogP contribution in [-0.4, -0.2) is 41.4 Å². The van der Waals surface area contributed by atoms with Crippen LogP contribution >= 0.6 is 0 Å². The van der Waals surface area contributed by atoms with Gasteiger partial charge in [-0.2, -0.15) is 10.3 Å². The van der Waals surface area contributed by atoms with Gasteiger partial charge in [-0.25, -0.2) is 9.67 Å². The predicted molar refractivity (Wildman–Crippen MR) is 141 cm³/mol. The minimum absolute atomic E-state index is 0.365. The van der Waals surface area contributed by atoms with E-state index in [0.29, 0.717) is 23.7 Å². The summed E-state index contributed by atoms with van der Waals surface area (Å²) in [5, 5.41) is 19.5. The Morgan fingerprint density at radius 2 is 1.75 bits per heavy atom. The molecular formula is C28H36N8. The van der Waals surface area contributed by atoms with Crippen molar-refractivity contribution >= 4 is 0 Å². The van der Waals surface area contributed by atoms with Crippen LogP contribution in [0.5, 0.6) is 0 Å². The van der Waals surface area contributed by atoms with Gasteiger partial charge in [-0.15, -0.1) is 10.2 Å². The van der Waals surface area contributed by atoms with Crippen molar-refractivity contribution in [1.82, 2.24) is 35.4 Å². The standard InChI is InChI=1S/C28H36N8/c1-19(2)7-16-26-30-27(17-20-10-14-23(29)15-11-20)36(33-26)18-21-8-12-22(13-9-21)24-5-3-4-6-25(24)28-31-34-35-32-28/h3-6,8-9,12-13,19-20,23H,7,10-11,14-18,29H2,1-2H3,(H,31,32,34,35). The molecule has 8 nitrogen and oxygen atoms in total. The predicted octanol–water partition coefficient (Wildman–Crippen LogP) is 4.82. The summed E-state index contributed by atoms with van der Waals surface area (Å²) in [5.74, 6) is 3.97. The number of nitrogens with one attached hydrogen (secondary N) is 1. The van der Waals surface area contributed by atoms with E-state index >= 15 is 0 Å². The molecule has 0 amide bonds. The molecule has 1 aliphatic carbocycles. The molecule has 36 heavy (non-hydrogen) atoms. The second kappa shape index (κ2) is 11.1. The van der Waals surface area contributed by atoms with E-state index in [1.54, 1.807) is 0 Å². The number of H-pyrrole nitrogens is 1. The molecule has 188 valence electrons. The molecule has 0 saturated heterocycles. The first-order valence-corrected chi connectivity index (χ1v) is 13.2. The number of aryl methyl sites for hydroxylation is 1. The van der Waals surface area contributed by atoms with Gasteiger partial charge in [0.25, 0.3) is 0 Å². The zero-order valence-electron chi connectivity index (χ0n) is 21.3. The van der Waals surface area contributed by atoms with Gasteiger partial charge in [-0.05, 0) is 65.8 Å². The fourth-order valence-corrected chi connectivity index (χ4v) is 5.05. The highest BCUT2D eigenvalue weighted by atomic mass is 15.5. The van der Waals surface area contributed by atoms with Crippen molar-refractivity contribution in [2.24, 2.45) is 17.6 Å². The Morgan fingerprint density at radius 3 is 2.44 bits per heavy atom. The number of aromatic amines is 1. The van der Waals surface area contributed by atoms with Crippen LogP contribution in [0.2, 0.25) is 0 Å². The lowest BCUT2D eigenvalue weighted by Gasteiger charge is -2.25. The molecule has 5 rings (SSSR count). The average Bonchev–Trinajstić information content (AvgIpc) is 3.55. The SMILES string of the molecule is CC(C)CCc1nc(CC2CCC(N)CC2)n(Cc2ccc(-c3ccccc3-c3nn[nH]n3)cc2)n1. The molecule has 4 aromatic rings. The highest BCUT2D eigenvalue weighted by Gasteiger charge is 2.22. The molecule has 0 spiro atoms. The summed E-state index contributed by atoms with van der Waals surface area (Å²) in [6.45, 7) is 5.23. The molecular weight excluding hydrogens is 448 g/mol. The van der Waals surface area contributed by atoms with E-state index in [2.05, 4.69) is 69.5 Å². The van der Waals surface area contributed by atoms with Gasteiger partial charge in [0.15, 0.2) is 5.82 Å². The van der Waals surface area contributed by atoms with E-state index < -0.39 is 0 Å². The van der Waals surface area contributed by atoms with Crippen molar-refractivity contribution in [2.75, 3.05) is 0 Å². The first-order chi connectivity index (χ1) is 17.5. The fraction of sp³-hybridized carbons (Fsp3) is 0.464. The second-order valence-corrected chi connectivity index (χ2v) is 10.5. The maximum atomic E-state index is 6.14. The summed E-state index contributed by atoms with van der Waals surface area (Å²) in [4.78, 5) is 4.99. The average molecular weight is 485 g/mol. The van der Waals surface area contributed by atoms with Crippen molar-refractivity contribution < 1.29 is 0 Å². The maximum absolute atomic E-state index is 6.14. The third-order valence-corrected chi connectivity index (χ3v) is 7.21. The normalized spacial score (nSPS) is 18.1. The lowest BCUT2D eigenvalue weighted by Crippen LogP contribution is -2.27. The largest absolute Gasteiger partial charge is 0.328 e. The minimum Gasteiger partial charge on any atom is -0.328 e. The monoisotopic (exact) mass is 484 g/mol. The van der Waals surface area contributed by atoms with Crippen LogP contribution in [0.1, 0.15) is 63.2 Å². The summed E-state index contributed by atoms with van der Waals surface area (Å²) < 4.78 is 2.13. The molecule has 1 aliphatic rings. The van der Waals surface area contributed by atoms with Gasteiger partial charge in [0, 0.05) is 24.4 Å². The van der Waals surface area contributed by atoms with E-state index in [1.807, 2.05) is 18.2 Å². The number of nitrogens with zero attached hydrogens (tertiary/aromatic N) is 6. The van der Waals surface area contributed by atoms with Crippen LogP contribution in [0.4, 0.5) is 0 Å². The van der Waals surface area contributed by atoms with Crippen LogP contribution in [0.3, 0.4) is 0 Å². The summed E-state index contributed by atoms with van der Waals surface area (Å²) in [7, 11) is 0. The number of tetrazole rings is 1. The molecule has 2 aromatic carbocycles. The van der Waals surface area contributed by atoms with E-state index in [0.717, 1.165) is 67.0 Å². The quantitative estimate of drug-likeness (QED) is 0.352. The van der Waals surface area contributed by atoms with E-state index in [9.17, 15) is 0 Å². The van der Waals surface area contributed by atoms with Gasteiger partial charge in [-0.3, -0.25) is 0 Å². The first-order valence-electron chi connectivity index (χ1n) is 13.2. The lowest BCUT2D eigenvalue weighted by molar-refractivity contribution is 0.317. The van der Waals surface area contributed by atoms with Crippen molar-refractivity contribution in [3.63, 3.8) is 0 Å². The number of nitrogens with two attached hydrogens (primary N) is 1. The molecule has 0 radical (unpaired) electrons. The van der Waals surface area contributed by atoms with Gasteiger partial charge in [-0.1, -0.05) is 62.4 Å². The topological polar surface area (TPSA) is 111 Å². The van der Waals surface area contributed by atoms with Crippen molar-refractivity contribution in [1.29, 1.82) is 0 Å². The van der Waals surface area contributed by atoms with Gasteiger partial charge >= 0.3 is 0 Å². The number of hydrogen-bond donors (Lipinski definition) is 2. The molecule has 0 unspecified atom stereocenters. The minimum atomic E-state index is 0.365. The number of benzene rings is 2. The van der Waals surface area contributed by atoms with Crippen LogP contribution in [0.25, 0.3) is 22.5 Å². The Kier molecular flexibility index (Phi) is 7.51. The molecule has 2 aromatic heterocycles. The smallest absolute Gasteiger partial charge is 0.205 e. The van der Waals surface area contributed by atoms with Crippen molar-refractivity contribution in [2.45, 2.75) is 71.4 Å². The fourth-order valence-electron chi connectivity index (χ4n) is 5.05. The number of rotatable bonds is 9. The third kappa shape index (κ3) is 5.87. The highest BCUT2D eigenvalue weighted by Crippen LogP contribution is 2.30. The zero-order chi connectivity index (χ0) is 24.9. The van der Waals surface area contributed by atoms with E-state index in [4.69, 9.17) is 15.8 Å². The van der Waals surface area contributed by atoms with Crippen LogP contribution in [0.15, 0.2) is 48.5 Å². The molecule has 2 heterocycles. The summed E-state index contributed by atoms with van der Waals surface area (Å²) in [6.07, 6.45) is 7.62. The molecule has 1 saturated carbocycles. The molecule has 0 bridgehead atoms. The Morgan fingerprint density at radius 1 is 1.00 bits per heavy atom. The van der Waals surface area contributed by atoms with Crippen molar-refractivity contribution in [3.8, 4) is 22.5 Å². The molecule has 3 N–H and O–H groups in total. The molecule has 0 atom stereocenters. The lowest BCUT2D eigenvalue weighted by atomic mass is 9.84. The summed E-state index contributed by atoms with van der Waals surface area (Å²) in [5.41, 5.74) is 10.5. The number of hydrogen-bond acceptors (Lipinski definition) is 6. The Balaban J connectivity index is 1.35. The highest BCUT2D eigenvalue weighted by molar-refractivity contribution is 5.80. The molecule has 8 heteroatoms. The van der Waals surface area contributed by atoms with Crippen LogP contribution in [-0.2, 0) is 19.4 Å². The van der Waals surface area contributed by atoms with Crippen molar-refractivity contribution in [3.05, 3.63) is 65.7 Å². The second-order valence-electron chi connectivity index (χ2n) is 10.5. The van der Waals surface area contributed by atoms with Crippen LogP contribution in [0, 0.1) is 11.8 Å². The Hall–Kier alpha value is -3.39. The third-order valence-electron chi connectivity index (χ3n) is 7.21.